The summed E-state index contributed by atoms with van der Waals surface area (Å²) in [4.78, 5) is 16.6. The third-order valence-electron chi connectivity index (χ3n) is 4.89. The van der Waals surface area contributed by atoms with Crippen LogP contribution in [0, 0.1) is 0 Å². The number of aromatic amines is 1. The molecule has 0 aliphatic carbocycles. The van der Waals surface area contributed by atoms with Gasteiger partial charge in [0.05, 0.1) is 11.2 Å². The van der Waals surface area contributed by atoms with Crippen molar-refractivity contribution >= 4 is 46.3 Å². The van der Waals surface area contributed by atoms with E-state index in [1.54, 1.807) is 6.20 Å². The van der Waals surface area contributed by atoms with Gasteiger partial charge in [-0.3, -0.25) is 9.89 Å². The number of carbonyl (C=O) groups is 1. The van der Waals surface area contributed by atoms with E-state index in [4.69, 9.17) is 0 Å². The van der Waals surface area contributed by atoms with Crippen LogP contribution in [0.3, 0.4) is 0 Å². The average Bonchev–Trinajstić information content (AvgIpc) is 3.38. The summed E-state index contributed by atoms with van der Waals surface area (Å²) in [6, 6.07) is 13.7. The number of imidazole rings is 1. The lowest BCUT2D eigenvalue weighted by Gasteiger charge is -1.99. The van der Waals surface area contributed by atoms with Crippen LogP contribution in [0.2, 0.25) is 0 Å². The molecule has 0 spiro atoms. The third kappa shape index (κ3) is 2.72. The van der Waals surface area contributed by atoms with E-state index >= 15 is 0 Å². The molecular weight excluding hydrogens is 350 g/mol. The van der Waals surface area contributed by atoms with Gasteiger partial charge in [0.2, 0.25) is 0 Å². The maximum Gasteiger partial charge on any atom is 0.256 e. The zero-order chi connectivity index (χ0) is 19.1. The van der Waals surface area contributed by atoms with Crippen LogP contribution in [0.15, 0.2) is 54.9 Å². The Hall–Kier alpha value is -3.93. The number of aryl methyl sites for hydroxylation is 1. The van der Waals surface area contributed by atoms with Crippen LogP contribution in [-0.2, 0) is 11.8 Å². The molecule has 0 fully saturated rings. The van der Waals surface area contributed by atoms with Crippen molar-refractivity contribution in [1.29, 1.82) is 0 Å². The predicted molar refractivity (Wildman–Crippen MR) is 111 cm³/mol. The number of para-hydroxylation sites is 1. The number of nitrogens with one attached hydrogen (secondary N) is 2. The summed E-state index contributed by atoms with van der Waals surface area (Å²) >= 11 is 0. The maximum absolute atomic E-state index is 12.3. The first-order chi connectivity index (χ1) is 13.7. The molecule has 3 heterocycles. The quantitative estimate of drug-likeness (QED) is 0.538. The van der Waals surface area contributed by atoms with Crippen molar-refractivity contribution in [2.24, 2.45) is 7.05 Å². The van der Waals surface area contributed by atoms with Crippen LogP contribution in [0.1, 0.15) is 22.6 Å². The standard InChI is InChI=1S/C22H17N5O/c1-27-11-10-23-21(27)9-8-19-16-7-6-14(13-20(16)26-25-19)12-17-15-4-2-3-5-18(15)24-22(17)28/h2-13H,1H3,(H,24,28)(H,25,26)/b9-8+,17-12?. The van der Waals surface area contributed by atoms with Gasteiger partial charge < -0.3 is 9.88 Å². The molecule has 2 N–H and O–H groups in total. The summed E-state index contributed by atoms with van der Waals surface area (Å²) in [5, 5.41) is 11.4. The molecule has 6 nitrogen and oxygen atoms in total. The fourth-order valence-electron chi connectivity index (χ4n) is 3.42. The van der Waals surface area contributed by atoms with Crippen molar-refractivity contribution in [1.82, 2.24) is 19.7 Å². The van der Waals surface area contributed by atoms with Crippen molar-refractivity contribution in [2.75, 3.05) is 5.32 Å². The molecule has 1 aliphatic heterocycles. The number of nitrogens with zero attached hydrogens (tertiary/aromatic N) is 3. The van der Waals surface area contributed by atoms with Gasteiger partial charge >= 0.3 is 0 Å². The minimum Gasteiger partial charge on any atom is -0.335 e. The van der Waals surface area contributed by atoms with E-state index in [2.05, 4.69) is 20.5 Å². The maximum atomic E-state index is 12.3. The number of carbonyl (C=O) groups excluding carboxylic acids is 1. The number of anilines is 1. The number of H-pyrrole nitrogens is 1. The van der Waals surface area contributed by atoms with E-state index in [0.717, 1.165) is 39.2 Å². The molecule has 0 unspecified atom stereocenters. The molecule has 4 aromatic rings. The van der Waals surface area contributed by atoms with E-state index in [0.29, 0.717) is 5.57 Å². The molecular formula is C22H17N5O. The second-order valence-corrected chi connectivity index (χ2v) is 6.70. The van der Waals surface area contributed by atoms with E-state index < -0.39 is 0 Å². The minimum absolute atomic E-state index is 0.0791. The first kappa shape index (κ1) is 16.3. The molecule has 136 valence electrons. The van der Waals surface area contributed by atoms with Crippen molar-refractivity contribution in [3.8, 4) is 0 Å². The molecule has 0 atom stereocenters. The van der Waals surface area contributed by atoms with Crippen molar-refractivity contribution < 1.29 is 4.79 Å². The molecule has 0 saturated carbocycles. The lowest BCUT2D eigenvalue weighted by molar-refractivity contribution is -0.110. The van der Waals surface area contributed by atoms with Gasteiger partial charge in [-0.2, -0.15) is 5.10 Å². The second-order valence-electron chi connectivity index (χ2n) is 6.70. The SMILES string of the molecule is Cn1ccnc1/C=C/c1n[nH]c2cc(C=C3C(=O)Nc4ccccc43)ccc12. The highest BCUT2D eigenvalue weighted by Gasteiger charge is 2.23. The summed E-state index contributed by atoms with van der Waals surface area (Å²) in [5.74, 6) is 0.785. The first-order valence-corrected chi connectivity index (χ1v) is 8.95. The Kier molecular flexibility index (Phi) is 3.69. The number of rotatable bonds is 3. The Morgan fingerprint density at radius 1 is 1.11 bits per heavy atom. The Morgan fingerprint density at radius 2 is 2.00 bits per heavy atom. The van der Waals surface area contributed by atoms with Gasteiger partial charge in [0.1, 0.15) is 5.82 Å². The van der Waals surface area contributed by atoms with E-state index in [-0.39, 0.29) is 5.91 Å². The first-order valence-electron chi connectivity index (χ1n) is 8.95. The molecule has 1 aliphatic rings. The fourth-order valence-corrected chi connectivity index (χ4v) is 3.42. The number of benzene rings is 2. The van der Waals surface area contributed by atoms with Gasteiger partial charge in [0.15, 0.2) is 0 Å². The van der Waals surface area contributed by atoms with Crippen LogP contribution in [0.4, 0.5) is 5.69 Å². The fraction of sp³-hybridized carbons (Fsp3) is 0.0455. The monoisotopic (exact) mass is 367 g/mol. The summed E-state index contributed by atoms with van der Waals surface area (Å²) < 4.78 is 1.94. The molecule has 0 radical (unpaired) electrons. The van der Waals surface area contributed by atoms with Crippen LogP contribution in [-0.4, -0.2) is 25.7 Å². The van der Waals surface area contributed by atoms with E-state index in [9.17, 15) is 4.79 Å². The number of amides is 1. The van der Waals surface area contributed by atoms with Gasteiger partial charge in [-0.05, 0) is 42.0 Å². The minimum atomic E-state index is -0.0791. The lowest BCUT2D eigenvalue weighted by atomic mass is 10.0. The van der Waals surface area contributed by atoms with Gasteiger partial charge in [0, 0.05) is 41.7 Å². The molecule has 0 bridgehead atoms. The average molecular weight is 367 g/mol. The normalized spacial score (nSPS) is 14.9. The van der Waals surface area contributed by atoms with Crippen molar-refractivity contribution in [3.63, 3.8) is 0 Å². The highest BCUT2D eigenvalue weighted by molar-refractivity contribution is 6.34. The molecule has 5 rings (SSSR count). The second kappa shape index (κ2) is 6.35. The van der Waals surface area contributed by atoms with Gasteiger partial charge in [-0.25, -0.2) is 4.98 Å². The van der Waals surface area contributed by atoms with Gasteiger partial charge in [0.25, 0.3) is 5.91 Å². The Labute approximate surface area is 161 Å². The van der Waals surface area contributed by atoms with E-state index in [1.165, 1.54) is 0 Å². The number of hydrogen-bond donors (Lipinski definition) is 2. The highest BCUT2D eigenvalue weighted by Crippen LogP contribution is 2.33. The molecule has 0 saturated heterocycles. The topological polar surface area (TPSA) is 75.6 Å². The van der Waals surface area contributed by atoms with Gasteiger partial charge in [-0.1, -0.05) is 24.3 Å². The smallest absolute Gasteiger partial charge is 0.256 e. The Balaban J connectivity index is 1.50. The number of fused-ring (bicyclic) bond motifs is 2. The van der Waals surface area contributed by atoms with Crippen LogP contribution in [0.25, 0.3) is 34.7 Å². The number of hydrogen-bond acceptors (Lipinski definition) is 3. The molecule has 2 aromatic carbocycles. The summed E-state index contributed by atoms with van der Waals surface area (Å²) in [7, 11) is 1.95. The van der Waals surface area contributed by atoms with Crippen LogP contribution >= 0.6 is 0 Å². The third-order valence-corrected chi connectivity index (χ3v) is 4.89. The largest absolute Gasteiger partial charge is 0.335 e. The zero-order valence-electron chi connectivity index (χ0n) is 15.2. The summed E-state index contributed by atoms with van der Waals surface area (Å²) in [6.45, 7) is 0. The van der Waals surface area contributed by atoms with Crippen molar-refractivity contribution in [3.05, 3.63) is 77.5 Å². The summed E-state index contributed by atoms with van der Waals surface area (Å²) in [6.07, 6.45) is 9.45. The molecule has 28 heavy (non-hydrogen) atoms. The predicted octanol–water partition coefficient (Wildman–Crippen LogP) is 3.96. The van der Waals surface area contributed by atoms with Crippen molar-refractivity contribution in [2.45, 2.75) is 0 Å². The summed E-state index contributed by atoms with van der Waals surface area (Å²) in [5.41, 5.74) is 5.16. The molecule has 2 aromatic heterocycles. The lowest BCUT2D eigenvalue weighted by Crippen LogP contribution is -2.03. The Bertz CT molecular complexity index is 1280. The van der Waals surface area contributed by atoms with E-state index in [1.807, 2.05) is 78.5 Å². The number of aromatic nitrogens is 4. The zero-order valence-corrected chi connectivity index (χ0v) is 15.2. The highest BCUT2D eigenvalue weighted by atomic mass is 16.2. The van der Waals surface area contributed by atoms with Crippen LogP contribution < -0.4 is 5.32 Å². The molecule has 1 amide bonds. The molecule has 6 heteroatoms. The van der Waals surface area contributed by atoms with Crippen LogP contribution in [0.5, 0.6) is 0 Å². The van der Waals surface area contributed by atoms with Gasteiger partial charge in [-0.15, -0.1) is 0 Å². The Morgan fingerprint density at radius 3 is 2.86 bits per heavy atom.